The van der Waals surface area contributed by atoms with Crippen molar-refractivity contribution in [3.8, 4) is 0 Å². The van der Waals surface area contributed by atoms with E-state index < -0.39 is 0 Å². The molecule has 1 saturated carbocycles. The first-order valence-corrected chi connectivity index (χ1v) is 7.14. The summed E-state index contributed by atoms with van der Waals surface area (Å²) in [5.74, 6) is 2.17. The molecule has 1 saturated heterocycles. The lowest BCUT2D eigenvalue weighted by Crippen LogP contribution is -2.38. The first kappa shape index (κ1) is 14.1. The summed E-state index contributed by atoms with van der Waals surface area (Å²) in [6.45, 7) is 1.86. The van der Waals surface area contributed by atoms with E-state index in [1.54, 1.807) is 11.8 Å². The van der Waals surface area contributed by atoms with Crippen LogP contribution in [0.1, 0.15) is 19.3 Å². The van der Waals surface area contributed by atoms with E-state index in [0.717, 1.165) is 19.5 Å². The monoisotopic (exact) mass is 264 g/mol. The third kappa shape index (κ3) is 2.84. The quantitative estimate of drug-likeness (QED) is 0.819. The van der Waals surface area contributed by atoms with Gasteiger partial charge >= 0.3 is 0 Å². The molecule has 3 unspecified atom stereocenters. The van der Waals surface area contributed by atoms with Gasteiger partial charge in [-0.25, -0.2) is 0 Å². The van der Waals surface area contributed by atoms with Crippen molar-refractivity contribution in [1.82, 2.24) is 4.90 Å². The fraction of sp³-hybridized carbons (Fsp3) is 0.909. The van der Waals surface area contributed by atoms with Crippen LogP contribution in [-0.4, -0.2) is 41.9 Å². The average Bonchev–Trinajstić information content (AvgIpc) is 2.63. The number of carbonyl (C=O) groups is 1. The van der Waals surface area contributed by atoms with Crippen molar-refractivity contribution in [2.45, 2.75) is 25.3 Å². The summed E-state index contributed by atoms with van der Waals surface area (Å²) in [5, 5.41) is 0. The summed E-state index contributed by atoms with van der Waals surface area (Å²) in [6, 6.07) is 0.329. The van der Waals surface area contributed by atoms with Crippen molar-refractivity contribution >= 4 is 30.1 Å². The molecule has 0 bridgehead atoms. The highest BCUT2D eigenvalue weighted by Gasteiger charge is 2.39. The molecule has 0 radical (unpaired) electrons. The Morgan fingerprint density at radius 3 is 2.81 bits per heavy atom. The maximum atomic E-state index is 11.8. The number of halogens is 1. The zero-order valence-electron chi connectivity index (χ0n) is 9.72. The van der Waals surface area contributed by atoms with Crippen LogP contribution in [-0.2, 0) is 4.79 Å². The fourth-order valence-electron chi connectivity index (χ4n) is 2.94. The Balaban J connectivity index is 0.00000128. The highest BCUT2D eigenvalue weighted by molar-refractivity contribution is 7.99. The van der Waals surface area contributed by atoms with Gasteiger partial charge in [0.05, 0.1) is 5.75 Å². The molecule has 1 amide bonds. The van der Waals surface area contributed by atoms with Gasteiger partial charge in [-0.1, -0.05) is 6.42 Å². The molecular weight excluding hydrogens is 244 g/mol. The van der Waals surface area contributed by atoms with Crippen LogP contribution in [0.5, 0.6) is 0 Å². The van der Waals surface area contributed by atoms with Crippen molar-refractivity contribution in [2.24, 2.45) is 17.6 Å². The number of carbonyl (C=O) groups excluding carboxylic acids is 1. The van der Waals surface area contributed by atoms with Gasteiger partial charge in [-0.05, 0) is 30.9 Å². The Hall–Kier alpha value is 0.0700. The second-order valence-corrected chi connectivity index (χ2v) is 5.62. The summed E-state index contributed by atoms with van der Waals surface area (Å²) in [4.78, 5) is 13.8. The van der Waals surface area contributed by atoms with Gasteiger partial charge < -0.3 is 10.6 Å². The number of nitrogens with zero attached hydrogens (tertiary/aromatic N) is 1. The number of thioether (sulfide) groups is 1. The molecule has 3 atom stereocenters. The van der Waals surface area contributed by atoms with Gasteiger partial charge in [-0.2, -0.15) is 11.8 Å². The molecule has 2 aliphatic rings. The molecule has 0 aromatic rings. The van der Waals surface area contributed by atoms with Gasteiger partial charge in [0.1, 0.15) is 0 Å². The maximum Gasteiger partial charge on any atom is 0.232 e. The Morgan fingerprint density at radius 2 is 2.19 bits per heavy atom. The summed E-state index contributed by atoms with van der Waals surface area (Å²) in [5.41, 5.74) is 6.11. The number of amides is 1. The summed E-state index contributed by atoms with van der Waals surface area (Å²) < 4.78 is 0. The lowest BCUT2D eigenvalue weighted by molar-refractivity contribution is -0.127. The third-order valence-corrected chi connectivity index (χ3v) is 4.31. The van der Waals surface area contributed by atoms with E-state index in [1.165, 1.54) is 12.8 Å². The Labute approximate surface area is 108 Å². The second kappa shape index (κ2) is 6.12. The van der Waals surface area contributed by atoms with E-state index in [0.29, 0.717) is 29.5 Å². The highest BCUT2D eigenvalue weighted by Crippen LogP contribution is 2.35. The summed E-state index contributed by atoms with van der Waals surface area (Å²) in [7, 11) is 0. The van der Waals surface area contributed by atoms with Gasteiger partial charge in [0, 0.05) is 19.1 Å². The lowest BCUT2D eigenvalue weighted by Gasteiger charge is -2.29. The third-order valence-electron chi connectivity index (χ3n) is 3.77. The van der Waals surface area contributed by atoms with E-state index in [1.807, 2.05) is 11.2 Å². The smallest absolute Gasteiger partial charge is 0.232 e. The van der Waals surface area contributed by atoms with Crippen molar-refractivity contribution in [2.75, 3.05) is 25.1 Å². The van der Waals surface area contributed by atoms with Crippen molar-refractivity contribution in [3.63, 3.8) is 0 Å². The minimum Gasteiger partial charge on any atom is -0.341 e. The molecule has 3 nitrogen and oxygen atoms in total. The average molecular weight is 265 g/mol. The molecular formula is C11H21ClN2OS. The number of hydrogen-bond donors (Lipinski definition) is 1. The van der Waals surface area contributed by atoms with Crippen LogP contribution in [0.4, 0.5) is 0 Å². The number of fused-ring (bicyclic) bond motifs is 1. The Bertz CT molecular complexity index is 252. The van der Waals surface area contributed by atoms with E-state index in [4.69, 9.17) is 5.73 Å². The van der Waals surface area contributed by atoms with Gasteiger partial charge in [-0.3, -0.25) is 4.79 Å². The van der Waals surface area contributed by atoms with Crippen molar-refractivity contribution in [3.05, 3.63) is 0 Å². The van der Waals surface area contributed by atoms with Crippen molar-refractivity contribution < 1.29 is 4.79 Å². The van der Waals surface area contributed by atoms with Gasteiger partial charge in [0.15, 0.2) is 0 Å². The van der Waals surface area contributed by atoms with Gasteiger partial charge in [0.25, 0.3) is 0 Å². The molecule has 0 aromatic carbocycles. The van der Waals surface area contributed by atoms with E-state index in [2.05, 4.69) is 0 Å². The second-order valence-electron chi connectivity index (χ2n) is 4.75. The number of likely N-dealkylation sites (tertiary alicyclic amines) is 1. The Morgan fingerprint density at radius 1 is 1.44 bits per heavy atom. The molecule has 0 aromatic heterocycles. The first-order valence-electron chi connectivity index (χ1n) is 5.74. The Kier molecular flexibility index (Phi) is 5.41. The maximum absolute atomic E-state index is 11.8. The number of nitrogens with two attached hydrogens (primary N) is 1. The van der Waals surface area contributed by atoms with Crippen LogP contribution < -0.4 is 5.73 Å². The van der Waals surface area contributed by atoms with E-state index in [-0.39, 0.29) is 12.4 Å². The van der Waals surface area contributed by atoms with Crippen LogP contribution in [0, 0.1) is 11.8 Å². The molecule has 2 rings (SSSR count). The topological polar surface area (TPSA) is 46.3 Å². The summed E-state index contributed by atoms with van der Waals surface area (Å²) >= 11 is 1.61. The molecule has 2 fully saturated rings. The largest absolute Gasteiger partial charge is 0.341 e. The van der Waals surface area contributed by atoms with Crippen LogP contribution in [0.3, 0.4) is 0 Å². The predicted octanol–water partition coefficient (Wildman–Crippen LogP) is 1.36. The minimum atomic E-state index is 0. The molecule has 0 spiro atoms. The minimum absolute atomic E-state index is 0. The standard InChI is InChI=1S/C11H20N2OS.ClH/c1-15-7-11(14)13-5-8-3-2-4-10(12)9(8)6-13;/h8-10H,2-7,12H2,1H3;1H. The zero-order valence-corrected chi connectivity index (χ0v) is 11.4. The molecule has 1 aliphatic heterocycles. The fourth-order valence-corrected chi connectivity index (χ4v) is 3.36. The first-order chi connectivity index (χ1) is 7.22. The van der Waals surface area contributed by atoms with Crippen LogP contribution in [0.15, 0.2) is 0 Å². The van der Waals surface area contributed by atoms with Crippen LogP contribution in [0.2, 0.25) is 0 Å². The SMILES string of the molecule is CSCC(=O)N1CC2CCCC(N)C2C1.Cl. The number of rotatable bonds is 2. The number of hydrogen-bond acceptors (Lipinski definition) is 3. The van der Waals surface area contributed by atoms with Gasteiger partial charge in [0.2, 0.25) is 5.91 Å². The molecule has 16 heavy (non-hydrogen) atoms. The van der Waals surface area contributed by atoms with Crippen molar-refractivity contribution in [1.29, 1.82) is 0 Å². The molecule has 1 heterocycles. The zero-order chi connectivity index (χ0) is 10.8. The summed E-state index contributed by atoms with van der Waals surface area (Å²) in [6.07, 6.45) is 5.63. The highest BCUT2D eigenvalue weighted by atomic mass is 35.5. The van der Waals surface area contributed by atoms with Crippen LogP contribution in [0.25, 0.3) is 0 Å². The van der Waals surface area contributed by atoms with E-state index in [9.17, 15) is 4.79 Å². The lowest BCUT2D eigenvalue weighted by atomic mass is 9.78. The molecule has 5 heteroatoms. The normalized spacial score (nSPS) is 33.1. The molecule has 1 aliphatic carbocycles. The van der Waals surface area contributed by atoms with Gasteiger partial charge in [-0.15, -0.1) is 12.4 Å². The molecule has 94 valence electrons. The van der Waals surface area contributed by atoms with Crippen LogP contribution >= 0.6 is 24.2 Å². The predicted molar refractivity (Wildman–Crippen MR) is 71.0 cm³/mol. The van der Waals surface area contributed by atoms with E-state index >= 15 is 0 Å². The molecule has 2 N–H and O–H groups in total.